The molecule has 17 heteroatoms. The molecule has 6 aromatic rings. The molecule has 0 aliphatic rings. The van der Waals surface area contributed by atoms with E-state index in [9.17, 15) is 14.4 Å². The molecule has 0 aliphatic heterocycles. The molecule has 2 heterocycles. The van der Waals surface area contributed by atoms with Crippen molar-refractivity contribution in [3.8, 4) is 0 Å². The number of alkyl halides is 3. The molecule has 0 saturated heterocycles. The SMILES string of the molecule is CCO.IC(I)I.NCC(N)c1ccccc1.NCC(NC(=O)OCc1ccccc1)c1ccccc1.O=C(NCC(NC(=O)c1ccccn1)c1ccccc1)c1ccccn1.[Y]. The summed E-state index contributed by atoms with van der Waals surface area (Å²) in [5.41, 5.74) is 21.3. The van der Waals surface area contributed by atoms with Gasteiger partial charge in [-0.3, -0.25) is 19.6 Å². The van der Waals surface area contributed by atoms with Crippen molar-refractivity contribution >= 4 is 85.7 Å². The Morgan fingerprint density at radius 2 is 1.02 bits per heavy atom. The van der Waals surface area contributed by atoms with Gasteiger partial charge < -0.3 is 43.0 Å². The van der Waals surface area contributed by atoms with Crippen LogP contribution < -0.4 is 33.2 Å². The summed E-state index contributed by atoms with van der Waals surface area (Å²) in [4.78, 5) is 44.5. The van der Waals surface area contributed by atoms with Gasteiger partial charge in [0.15, 0.2) is 0 Å². The second-order valence-electron chi connectivity index (χ2n) is 12.8. The molecule has 64 heavy (non-hydrogen) atoms. The molecule has 0 aliphatic carbocycles. The van der Waals surface area contributed by atoms with Gasteiger partial charge in [0.1, 0.15) is 17.9 Å². The summed E-state index contributed by atoms with van der Waals surface area (Å²) in [6.45, 7) is 3.24. The summed E-state index contributed by atoms with van der Waals surface area (Å²) in [5, 5.41) is 16.1. The van der Waals surface area contributed by atoms with Gasteiger partial charge in [0.05, 0.1) is 12.1 Å². The van der Waals surface area contributed by atoms with Gasteiger partial charge in [-0.05, 0) is 53.4 Å². The molecule has 3 unspecified atom stereocenters. The molecule has 0 bridgehead atoms. The van der Waals surface area contributed by atoms with Crippen molar-refractivity contribution in [1.82, 2.24) is 25.9 Å². The van der Waals surface area contributed by atoms with Crippen molar-refractivity contribution in [3.05, 3.63) is 204 Å². The maximum absolute atomic E-state index is 12.4. The second-order valence-corrected chi connectivity index (χ2v) is 23.7. The first-order valence-electron chi connectivity index (χ1n) is 19.7. The van der Waals surface area contributed by atoms with Gasteiger partial charge in [0.25, 0.3) is 11.8 Å². The van der Waals surface area contributed by atoms with Crippen LogP contribution in [-0.2, 0) is 44.1 Å². The minimum absolute atomic E-state index is 0. The number of ether oxygens (including phenoxy) is 1. The van der Waals surface area contributed by atoms with E-state index < -0.39 is 12.1 Å². The fourth-order valence-electron chi connectivity index (χ4n) is 5.16. The predicted molar refractivity (Wildman–Crippen MR) is 276 cm³/mol. The summed E-state index contributed by atoms with van der Waals surface area (Å²) in [6, 6.07) is 48.1. The van der Waals surface area contributed by atoms with E-state index in [0.29, 0.717) is 24.5 Å². The average Bonchev–Trinajstić information content (AvgIpc) is 3.33. The fourth-order valence-corrected chi connectivity index (χ4v) is 5.16. The number of carbonyl (C=O) groups is 3. The van der Waals surface area contributed by atoms with Gasteiger partial charge in [0, 0.05) is 77.4 Å². The Labute approximate surface area is 442 Å². The summed E-state index contributed by atoms with van der Waals surface area (Å²) in [7, 11) is 0. The Morgan fingerprint density at radius 3 is 1.44 bits per heavy atom. The van der Waals surface area contributed by atoms with E-state index in [4.69, 9.17) is 27.0 Å². The summed E-state index contributed by atoms with van der Waals surface area (Å²) < 4.78 is 5.92. The Bertz CT molecular complexity index is 2090. The van der Waals surface area contributed by atoms with Crippen LogP contribution in [0.25, 0.3) is 0 Å². The zero-order valence-corrected chi connectivity index (χ0v) is 44.7. The molecule has 3 amide bonds. The van der Waals surface area contributed by atoms with Crippen LogP contribution in [0.3, 0.4) is 0 Å². The minimum atomic E-state index is -0.465. The van der Waals surface area contributed by atoms with Crippen LogP contribution in [-0.4, -0.2) is 59.2 Å². The minimum Gasteiger partial charge on any atom is -0.445 e. The van der Waals surface area contributed by atoms with E-state index >= 15 is 0 Å². The number of carbonyl (C=O) groups excluding carboxylic acids is 3. The Hall–Kier alpha value is -3.48. The first-order chi connectivity index (χ1) is 30.5. The average molecular weight is 1280 g/mol. The van der Waals surface area contributed by atoms with Crippen molar-refractivity contribution in [2.75, 3.05) is 26.2 Å². The zero-order chi connectivity index (χ0) is 46.1. The number of aliphatic hydroxyl groups is 1. The number of nitrogens with zero attached hydrogens (tertiary/aromatic N) is 2. The quantitative estimate of drug-likeness (QED) is 0.0434. The number of benzene rings is 4. The van der Waals surface area contributed by atoms with E-state index in [1.54, 1.807) is 55.7 Å². The Kier molecular flexibility index (Phi) is 33.6. The third-order valence-corrected chi connectivity index (χ3v) is 8.19. The molecular formula is C47H55I3N8O5Y. The number of aliphatic hydroxyl groups excluding tert-OH is 1. The molecule has 4 aromatic carbocycles. The summed E-state index contributed by atoms with van der Waals surface area (Å²) in [6.07, 6.45) is 2.66. The van der Waals surface area contributed by atoms with Crippen LogP contribution >= 0.6 is 67.8 Å². The number of hydrogen-bond acceptors (Lipinski definition) is 10. The summed E-state index contributed by atoms with van der Waals surface area (Å²) in [5.74, 6) is -0.592. The zero-order valence-electron chi connectivity index (χ0n) is 35.4. The van der Waals surface area contributed by atoms with E-state index in [2.05, 4.69) is 93.7 Å². The second kappa shape index (κ2) is 36.7. The number of nitrogens with two attached hydrogens (primary N) is 3. The van der Waals surface area contributed by atoms with E-state index in [1.165, 1.54) is 0 Å². The number of alkyl carbamates (subject to hydrolysis) is 1. The Morgan fingerprint density at radius 1 is 0.609 bits per heavy atom. The summed E-state index contributed by atoms with van der Waals surface area (Å²) >= 11 is 6.95. The third-order valence-electron chi connectivity index (χ3n) is 8.19. The van der Waals surface area contributed by atoms with Gasteiger partial charge in [-0.2, -0.15) is 0 Å². The van der Waals surface area contributed by atoms with E-state index in [-0.39, 0.29) is 76.4 Å². The number of pyridine rings is 2. The largest absolute Gasteiger partial charge is 0.445 e. The van der Waals surface area contributed by atoms with Crippen LogP contribution in [0.1, 0.15) is 68.3 Å². The van der Waals surface area contributed by atoms with Gasteiger partial charge in [0.2, 0.25) is 0 Å². The smallest absolute Gasteiger partial charge is 0.407 e. The van der Waals surface area contributed by atoms with Crippen molar-refractivity contribution in [1.29, 1.82) is 0 Å². The molecule has 2 aromatic heterocycles. The number of halogens is 3. The molecule has 337 valence electrons. The molecule has 0 saturated carbocycles. The van der Waals surface area contributed by atoms with Crippen molar-refractivity contribution < 1.29 is 56.9 Å². The van der Waals surface area contributed by atoms with Gasteiger partial charge in [-0.1, -0.05) is 201 Å². The van der Waals surface area contributed by atoms with Crippen molar-refractivity contribution in [2.24, 2.45) is 17.2 Å². The monoisotopic (exact) mass is 1280 g/mol. The number of rotatable bonds is 13. The van der Waals surface area contributed by atoms with Crippen LogP contribution in [0, 0.1) is 0 Å². The predicted octanol–water partition coefficient (Wildman–Crippen LogP) is 8.21. The van der Waals surface area contributed by atoms with Gasteiger partial charge in [-0.25, -0.2) is 4.79 Å². The van der Waals surface area contributed by atoms with Crippen LogP contribution in [0.4, 0.5) is 4.79 Å². The van der Waals surface area contributed by atoms with Crippen LogP contribution in [0.5, 0.6) is 0 Å². The van der Waals surface area contributed by atoms with Crippen LogP contribution in [0.2, 0.25) is 0 Å². The molecular weight excluding hydrogens is 1230 g/mol. The standard InChI is InChI=1S/C20H18N4O2.C16H18N2O2.C8H12N2.C2H6O.CHI3.Y/c25-19(16-10-4-6-12-21-16)23-14-18(15-8-2-1-3-9-15)24-20(26)17-11-5-7-13-22-17;17-11-15(14-9-5-2-6-10-14)18-16(19)20-12-13-7-3-1-4-8-13;9-6-8(10)7-4-2-1-3-5-7;1-2-3;2-1(3)4;/h1-13,18H,14H2,(H,23,25)(H,24,26);1-10,15H,11-12,17H2,(H,18,19);1-5,8H,6,9-10H2;3H,2H2,1H3;1H;. The number of nitrogens with one attached hydrogen (secondary N) is 3. The molecule has 10 N–H and O–H groups in total. The number of aromatic nitrogens is 2. The maximum Gasteiger partial charge on any atom is 0.407 e. The van der Waals surface area contributed by atoms with Crippen molar-refractivity contribution in [3.63, 3.8) is 0 Å². The first-order valence-corrected chi connectivity index (χ1v) is 23.5. The fraction of sp³-hybridized carbons (Fsp3) is 0.213. The molecule has 0 fully saturated rings. The first kappa shape index (κ1) is 58.5. The topological polar surface area (TPSA) is 221 Å². The van der Waals surface area contributed by atoms with Gasteiger partial charge >= 0.3 is 6.09 Å². The molecule has 1 radical (unpaired) electrons. The Balaban J connectivity index is 0.000000474. The van der Waals surface area contributed by atoms with E-state index in [0.717, 1.165) is 22.2 Å². The number of amides is 3. The van der Waals surface area contributed by atoms with E-state index in [1.807, 2.05) is 121 Å². The normalized spacial score (nSPS) is 11.1. The van der Waals surface area contributed by atoms with Crippen molar-refractivity contribution in [2.45, 2.75) is 31.6 Å². The maximum atomic E-state index is 12.4. The molecule has 6 rings (SSSR count). The molecule has 13 nitrogen and oxygen atoms in total. The van der Waals surface area contributed by atoms with Crippen LogP contribution in [0.15, 0.2) is 170 Å². The molecule has 3 atom stereocenters. The number of hydrogen-bond donors (Lipinski definition) is 7. The third kappa shape index (κ3) is 25.9. The van der Waals surface area contributed by atoms with Gasteiger partial charge in [-0.15, -0.1) is 0 Å². The molecule has 0 spiro atoms.